The summed E-state index contributed by atoms with van der Waals surface area (Å²) < 4.78 is 0. The van der Waals surface area contributed by atoms with E-state index >= 15 is 0 Å². The second-order valence-electron chi connectivity index (χ2n) is 4.56. The zero-order chi connectivity index (χ0) is 14.0. The van der Waals surface area contributed by atoms with Crippen LogP contribution in [0.15, 0.2) is 47.6 Å². The van der Waals surface area contributed by atoms with Gasteiger partial charge in [-0.2, -0.15) is 0 Å². The van der Waals surface area contributed by atoms with Gasteiger partial charge in [0, 0.05) is 0 Å². The lowest BCUT2D eigenvalue weighted by atomic mass is 9.87. The monoisotopic (exact) mass is 246 g/mol. The Labute approximate surface area is 114 Å². The van der Waals surface area contributed by atoms with Crippen LogP contribution in [-0.4, -0.2) is 0 Å². The van der Waals surface area contributed by atoms with E-state index in [1.165, 1.54) is 0 Å². The summed E-state index contributed by atoms with van der Waals surface area (Å²) in [5, 5.41) is 0. The molecule has 0 aromatic rings. The average Bonchev–Trinajstić information content (AvgIpc) is 2.40. The Bertz CT molecular complexity index is 292. The van der Waals surface area contributed by atoms with Crippen molar-refractivity contribution in [2.75, 3.05) is 0 Å². The number of allylic oxidation sites excluding steroid dienone is 6. The lowest BCUT2D eigenvalue weighted by Crippen LogP contribution is -1.99. The molecule has 0 rings (SSSR count). The first kappa shape index (κ1) is 17.0. The molecule has 0 heteroatoms. The van der Waals surface area contributed by atoms with E-state index in [1.54, 1.807) is 22.3 Å². The minimum Gasteiger partial charge on any atom is -0.103 e. The Hall–Kier alpha value is -1.04. The van der Waals surface area contributed by atoms with Crippen molar-refractivity contribution in [3.05, 3.63) is 47.6 Å². The summed E-state index contributed by atoms with van der Waals surface area (Å²) in [5.41, 5.74) is 6.25. The highest BCUT2D eigenvalue weighted by Crippen LogP contribution is 2.30. The Morgan fingerprint density at radius 1 is 0.667 bits per heavy atom. The van der Waals surface area contributed by atoms with Crippen molar-refractivity contribution in [2.24, 2.45) is 0 Å². The van der Waals surface area contributed by atoms with Gasteiger partial charge in [-0.3, -0.25) is 0 Å². The summed E-state index contributed by atoms with van der Waals surface area (Å²) in [6.45, 7) is 16.8. The third-order valence-corrected chi connectivity index (χ3v) is 3.56. The van der Waals surface area contributed by atoms with Gasteiger partial charge in [-0.1, -0.05) is 51.0 Å². The SMILES string of the molecule is C=CC/C(CC)=C(CC)\C(CC)=C(\CC)CC=C. The molecular formula is C18H30. The summed E-state index contributed by atoms with van der Waals surface area (Å²) in [6, 6.07) is 0. The van der Waals surface area contributed by atoms with Crippen molar-refractivity contribution >= 4 is 0 Å². The zero-order valence-corrected chi connectivity index (χ0v) is 12.8. The number of rotatable bonds is 9. The van der Waals surface area contributed by atoms with Crippen LogP contribution in [0.3, 0.4) is 0 Å². The molecule has 0 N–H and O–H groups in total. The molecule has 0 radical (unpaired) electrons. The second kappa shape index (κ2) is 9.94. The highest BCUT2D eigenvalue weighted by atomic mass is 14.2. The fraction of sp³-hybridized carbons (Fsp3) is 0.556. The van der Waals surface area contributed by atoms with Gasteiger partial charge in [0.15, 0.2) is 0 Å². The van der Waals surface area contributed by atoms with E-state index in [-0.39, 0.29) is 0 Å². The van der Waals surface area contributed by atoms with E-state index in [0.29, 0.717) is 0 Å². The molecule has 0 fully saturated rings. The number of hydrogen-bond acceptors (Lipinski definition) is 0. The van der Waals surface area contributed by atoms with Gasteiger partial charge in [-0.25, -0.2) is 0 Å². The molecule has 0 atom stereocenters. The van der Waals surface area contributed by atoms with Crippen molar-refractivity contribution in [1.29, 1.82) is 0 Å². The number of hydrogen-bond donors (Lipinski definition) is 0. The summed E-state index contributed by atoms with van der Waals surface area (Å²) in [6.07, 6.45) is 10.6. The van der Waals surface area contributed by atoms with Gasteiger partial charge in [-0.05, 0) is 49.7 Å². The van der Waals surface area contributed by atoms with Gasteiger partial charge in [0.25, 0.3) is 0 Å². The van der Waals surface area contributed by atoms with Crippen LogP contribution in [0.4, 0.5) is 0 Å². The van der Waals surface area contributed by atoms with Gasteiger partial charge in [0.2, 0.25) is 0 Å². The van der Waals surface area contributed by atoms with Crippen LogP contribution in [-0.2, 0) is 0 Å². The van der Waals surface area contributed by atoms with Crippen molar-refractivity contribution < 1.29 is 0 Å². The largest absolute Gasteiger partial charge is 0.103 e. The lowest BCUT2D eigenvalue weighted by molar-refractivity contribution is 0.887. The Balaban J connectivity index is 5.69. The van der Waals surface area contributed by atoms with Crippen LogP contribution in [0.2, 0.25) is 0 Å². The molecule has 0 amide bonds. The van der Waals surface area contributed by atoms with Crippen LogP contribution in [0.1, 0.15) is 66.2 Å². The Kier molecular flexibility index (Phi) is 9.36. The summed E-state index contributed by atoms with van der Waals surface area (Å²) >= 11 is 0. The van der Waals surface area contributed by atoms with Crippen LogP contribution >= 0.6 is 0 Å². The van der Waals surface area contributed by atoms with Crippen molar-refractivity contribution in [1.82, 2.24) is 0 Å². The first-order valence-electron chi connectivity index (χ1n) is 7.33. The molecule has 0 aromatic carbocycles. The first-order valence-corrected chi connectivity index (χ1v) is 7.33. The molecule has 0 aliphatic carbocycles. The fourth-order valence-electron chi connectivity index (χ4n) is 2.66. The van der Waals surface area contributed by atoms with E-state index in [4.69, 9.17) is 0 Å². The van der Waals surface area contributed by atoms with Gasteiger partial charge in [0.05, 0.1) is 0 Å². The van der Waals surface area contributed by atoms with Gasteiger partial charge in [0.1, 0.15) is 0 Å². The maximum Gasteiger partial charge on any atom is -0.0136 e. The van der Waals surface area contributed by atoms with E-state index in [2.05, 4.69) is 40.9 Å². The highest BCUT2D eigenvalue weighted by Gasteiger charge is 2.10. The Morgan fingerprint density at radius 3 is 1.17 bits per heavy atom. The second-order valence-corrected chi connectivity index (χ2v) is 4.56. The molecular weight excluding hydrogens is 216 g/mol. The predicted molar refractivity (Wildman–Crippen MR) is 84.8 cm³/mol. The first-order chi connectivity index (χ1) is 8.69. The third kappa shape index (κ3) is 4.68. The van der Waals surface area contributed by atoms with Crippen LogP contribution in [0.25, 0.3) is 0 Å². The van der Waals surface area contributed by atoms with Gasteiger partial charge in [-0.15, -0.1) is 13.2 Å². The van der Waals surface area contributed by atoms with Crippen LogP contribution in [0.5, 0.6) is 0 Å². The van der Waals surface area contributed by atoms with Crippen LogP contribution < -0.4 is 0 Å². The molecule has 0 aliphatic rings. The summed E-state index contributed by atoms with van der Waals surface area (Å²) in [7, 11) is 0. The average molecular weight is 246 g/mol. The molecule has 102 valence electrons. The minimum absolute atomic E-state index is 1.02. The molecule has 18 heavy (non-hydrogen) atoms. The van der Waals surface area contributed by atoms with E-state index in [0.717, 1.165) is 38.5 Å². The lowest BCUT2D eigenvalue weighted by Gasteiger charge is -2.18. The molecule has 0 nitrogen and oxygen atoms in total. The van der Waals surface area contributed by atoms with Crippen LogP contribution in [0, 0.1) is 0 Å². The molecule has 0 spiro atoms. The standard InChI is InChI=1S/C18H30/c1-7-13-15(9-3)17(11-5)18(12-6)16(10-4)14-8-2/h7-8H,1-2,9-14H2,3-6H3/b17-15-,18-16-. The van der Waals surface area contributed by atoms with E-state index in [1.807, 2.05) is 12.2 Å². The van der Waals surface area contributed by atoms with Gasteiger partial charge < -0.3 is 0 Å². The molecule has 0 bridgehead atoms. The molecule has 0 aliphatic heterocycles. The van der Waals surface area contributed by atoms with Gasteiger partial charge >= 0.3 is 0 Å². The van der Waals surface area contributed by atoms with E-state index < -0.39 is 0 Å². The third-order valence-electron chi connectivity index (χ3n) is 3.56. The van der Waals surface area contributed by atoms with Crippen molar-refractivity contribution in [2.45, 2.75) is 66.2 Å². The van der Waals surface area contributed by atoms with Crippen molar-refractivity contribution in [3.8, 4) is 0 Å². The molecule has 0 saturated carbocycles. The molecule has 0 aromatic heterocycles. The molecule has 0 heterocycles. The molecule has 0 unspecified atom stereocenters. The maximum absolute atomic E-state index is 3.89. The topological polar surface area (TPSA) is 0 Å². The normalized spacial score (nSPS) is 13.8. The fourth-order valence-corrected chi connectivity index (χ4v) is 2.66. The maximum atomic E-state index is 3.89. The highest BCUT2D eigenvalue weighted by molar-refractivity contribution is 5.40. The minimum atomic E-state index is 1.02. The zero-order valence-electron chi connectivity index (χ0n) is 12.8. The smallest absolute Gasteiger partial charge is 0.0136 e. The van der Waals surface area contributed by atoms with E-state index in [9.17, 15) is 0 Å². The predicted octanol–water partition coefficient (Wildman–Crippen LogP) is 6.37. The summed E-state index contributed by atoms with van der Waals surface area (Å²) in [4.78, 5) is 0. The van der Waals surface area contributed by atoms with Crippen molar-refractivity contribution in [3.63, 3.8) is 0 Å². The Morgan fingerprint density at radius 2 is 1.00 bits per heavy atom. The quantitative estimate of drug-likeness (QED) is 0.327. The summed E-state index contributed by atoms with van der Waals surface area (Å²) in [5.74, 6) is 0. The molecule has 0 saturated heterocycles.